The smallest absolute Gasteiger partial charge is 0.0276 e. The zero-order valence-corrected chi connectivity index (χ0v) is 16.0. The first-order valence-corrected chi connectivity index (χ1v) is 9.08. The molecular weight excluding hydrogens is 278 g/mol. The monoisotopic (exact) mass is 313 g/mol. The lowest BCUT2D eigenvalue weighted by Gasteiger charge is -2.18. The van der Waals surface area contributed by atoms with Gasteiger partial charge in [-0.2, -0.15) is 0 Å². The van der Waals surface area contributed by atoms with Gasteiger partial charge in [0.05, 0.1) is 0 Å². The van der Waals surface area contributed by atoms with Crippen molar-refractivity contribution in [1.82, 2.24) is 0 Å². The van der Waals surface area contributed by atoms with Gasteiger partial charge >= 0.3 is 0 Å². The minimum atomic E-state index is 0.505. The number of hydrogen-bond donors (Lipinski definition) is 0. The van der Waals surface area contributed by atoms with Crippen LogP contribution < -0.4 is 0 Å². The molecule has 1 rings (SSSR count). The molecule has 1 aliphatic carbocycles. The maximum Gasteiger partial charge on any atom is 0.0276 e. The first kappa shape index (κ1) is 19.7. The van der Waals surface area contributed by atoms with E-state index in [9.17, 15) is 0 Å². The average molecular weight is 314 g/mol. The summed E-state index contributed by atoms with van der Waals surface area (Å²) in [7, 11) is 1.93. The molecule has 2 unspecified atom stereocenters. The van der Waals surface area contributed by atoms with Crippen molar-refractivity contribution in [2.75, 3.05) is 7.05 Å². The van der Waals surface area contributed by atoms with Gasteiger partial charge in [-0.25, -0.2) is 0 Å². The second-order valence-electron chi connectivity index (χ2n) is 7.36. The van der Waals surface area contributed by atoms with E-state index in [1.807, 2.05) is 7.05 Å². The number of nitrogens with zero attached hydrogens (tertiary/aromatic N) is 1. The van der Waals surface area contributed by atoms with Crippen LogP contribution in [0, 0.1) is 17.8 Å². The van der Waals surface area contributed by atoms with Gasteiger partial charge in [0.25, 0.3) is 0 Å². The lowest BCUT2D eigenvalue weighted by atomic mass is 9.89. The van der Waals surface area contributed by atoms with Gasteiger partial charge in [-0.15, -0.1) is 0 Å². The number of rotatable bonds is 8. The Morgan fingerprint density at radius 3 is 2.70 bits per heavy atom. The molecule has 0 aromatic rings. The molecular formula is C22H35N. The summed E-state index contributed by atoms with van der Waals surface area (Å²) in [5, 5.41) is 0. The molecule has 0 N–H and O–H groups in total. The molecule has 0 aromatic carbocycles. The molecule has 0 heterocycles. The molecule has 0 radical (unpaired) electrons. The third kappa shape index (κ3) is 8.16. The van der Waals surface area contributed by atoms with E-state index in [2.05, 4.69) is 76.1 Å². The van der Waals surface area contributed by atoms with Gasteiger partial charge in [-0.1, -0.05) is 75.3 Å². The summed E-state index contributed by atoms with van der Waals surface area (Å²) in [6, 6.07) is 0. The van der Waals surface area contributed by atoms with E-state index in [4.69, 9.17) is 0 Å². The van der Waals surface area contributed by atoms with Crippen molar-refractivity contribution >= 4 is 5.71 Å². The van der Waals surface area contributed by atoms with E-state index in [1.165, 1.54) is 23.3 Å². The summed E-state index contributed by atoms with van der Waals surface area (Å²) in [5.74, 6) is 1.91. The second-order valence-corrected chi connectivity index (χ2v) is 7.36. The number of aliphatic imine (C=N–C) groups is 1. The highest BCUT2D eigenvalue weighted by Crippen LogP contribution is 2.23. The molecule has 0 aliphatic heterocycles. The maximum absolute atomic E-state index is 4.55. The van der Waals surface area contributed by atoms with Crippen LogP contribution in [0.1, 0.15) is 60.3 Å². The van der Waals surface area contributed by atoms with Crippen molar-refractivity contribution in [2.45, 2.75) is 60.3 Å². The summed E-state index contributed by atoms with van der Waals surface area (Å²) in [4.78, 5) is 4.55. The molecule has 0 saturated heterocycles. The Kier molecular flexibility index (Phi) is 8.91. The fourth-order valence-electron chi connectivity index (χ4n) is 2.90. The van der Waals surface area contributed by atoms with Crippen LogP contribution in [0.2, 0.25) is 0 Å². The van der Waals surface area contributed by atoms with Crippen LogP contribution in [-0.4, -0.2) is 12.8 Å². The van der Waals surface area contributed by atoms with Crippen LogP contribution >= 0.6 is 0 Å². The molecule has 0 amide bonds. The first-order chi connectivity index (χ1) is 10.9. The highest BCUT2D eigenvalue weighted by atomic mass is 14.7. The van der Waals surface area contributed by atoms with Crippen molar-refractivity contribution in [3.63, 3.8) is 0 Å². The largest absolute Gasteiger partial charge is 0.297 e. The Labute approximate surface area is 144 Å². The molecule has 1 nitrogen and oxygen atoms in total. The summed E-state index contributed by atoms with van der Waals surface area (Å²) in [6.45, 7) is 11.3. The predicted molar refractivity (Wildman–Crippen MR) is 105 cm³/mol. The van der Waals surface area contributed by atoms with Crippen LogP contribution in [0.15, 0.2) is 52.6 Å². The van der Waals surface area contributed by atoms with E-state index < -0.39 is 0 Å². The molecule has 128 valence electrons. The highest BCUT2D eigenvalue weighted by molar-refractivity contribution is 5.88. The zero-order valence-electron chi connectivity index (χ0n) is 16.0. The summed E-state index contributed by atoms with van der Waals surface area (Å²) >= 11 is 0. The van der Waals surface area contributed by atoms with Crippen LogP contribution in [0.4, 0.5) is 0 Å². The van der Waals surface area contributed by atoms with E-state index in [1.54, 1.807) is 0 Å². The third-order valence-corrected chi connectivity index (χ3v) is 4.36. The molecule has 0 spiro atoms. The Bertz CT molecular complexity index is 500. The first-order valence-electron chi connectivity index (χ1n) is 9.08. The van der Waals surface area contributed by atoms with Crippen molar-refractivity contribution in [1.29, 1.82) is 0 Å². The molecule has 0 saturated carbocycles. The predicted octanol–water partition coefficient (Wildman–Crippen LogP) is 6.54. The van der Waals surface area contributed by atoms with E-state index >= 15 is 0 Å². The Morgan fingerprint density at radius 2 is 2.09 bits per heavy atom. The average Bonchev–Trinajstić information content (AvgIpc) is 2.47. The van der Waals surface area contributed by atoms with Crippen LogP contribution in [0.5, 0.6) is 0 Å². The fourth-order valence-corrected chi connectivity index (χ4v) is 2.90. The SMILES string of the molecule is CN=C(C/C=C(C)\C=C/CC(C)C)C(C)CC1=CC(C)CC=C1. The van der Waals surface area contributed by atoms with Crippen molar-refractivity contribution in [3.8, 4) is 0 Å². The minimum Gasteiger partial charge on any atom is -0.297 e. The fraction of sp³-hybridized carbons (Fsp3) is 0.591. The van der Waals surface area contributed by atoms with Gasteiger partial charge in [0.1, 0.15) is 0 Å². The van der Waals surface area contributed by atoms with Crippen molar-refractivity contribution < 1.29 is 0 Å². The summed E-state index contributed by atoms with van der Waals surface area (Å²) in [6.07, 6.45) is 18.2. The Morgan fingerprint density at radius 1 is 1.35 bits per heavy atom. The van der Waals surface area contributed by atoms with Gasteiger partial charge in [0.2, 0.25) is 0 Å². The van der Waals surface area contributed by atoms with Gasteiger partial charge < -0.3 is 0 Å². The van der Waals surface area contributed by atoms with Crippen LogP contribution in [0.3, 0.4) is 0 Å². The van der Waals surface area contributed by atoms with Gasteiger partial charge in [-0.05, 0) is 43.9 Å². The molecule has 1 aliphatic rings. The maximum atomic E-state index is 4.55. The topological polar surface area (TPSA) is 12.4 Å². The van der Waals surface area contributed by atoms with Gasteiger partial charge in [0, 0.05) is 19.2 Å². The molecule has 0 aromatic heterocycles. The quantitative estimate of drug-likeness (QED) is 0.356. The van der Waals surface area contributed by atoms with Crippen LogP contribution in [-0.2, 0) is 0 Å². The number of allylic oxidation sites excluding steroid dienone is 8. The summed E-state index contributed by atoms with van der Waals surface area (Å²) < 4.78 is 0. The van der Waals surface area contributed by atoms with E-state index in [-0.39, 0.29) is 0 Å². The highest BCUT2D eigenvalue weighted by Gasteiger charge is 2.12. The molecule has 23 heavy (non-hydrogen) atoms. The van der Waals surface area contributed by atoms with Crippen molar-refractivity contribution in [3.05, 3.63) is 47.6 Å². The molecule has 0 fully saturated rings. The second kappa shape index (κ2) is 10.4. The molecule has 1 heteroatoms. The zero-order chi connectivity index (χ0) is 17.2. The lowest BCUT2D eigenvalue weighted by molar-refractivity contribution is 0.663. The van der Waals surface area contributed by atoms with Gasteiger partial charge in [0.15, 0.2) is 0 Å². The lowest BCUT2D eigenvalue weighted by Crippen LogP contribution is -2.12. The van der Waals surface area contributed by atoms with Gasteiger partial charge in [-0.3, -0.25) is 4.99 Å². The van der Waals surface area contributed by atoms with Crippen LogP contribution in [0.25, 0.3) is 0 Å². The third-order valence-electron chi connectivity index (χ3n) is 4.36. The van der Waals surface area contributed by atoms with Crippen molar-refractivity contribution in [2.24, 2.45) is 22.7 Å². The number of hydrogen-bond acceptors (Lipinski definition) is 1. The molecule has 2 atom stereocenters. The summed E-state index contributed by atoms with van der Waals surface area (Å²) in [5.41, 5.74) is 4.11. The normalized spacial score (nSPS) is 21.2. The standard InChI is InChI=1S/C22H35N/c1-17(2)9-7-10-18(3)13-14-22(23-6)20(5)16-21-12-8-11-19(4)15-21/h7-8,10,12-13,15,17,19-20H,9,11,14,16H2,1-6H3/b10-7-,18-13-,23-22?. The van der Waals surface area contributed by atoms with E-state index in [0.717, 1.165) is 25.2 Å². The minimum absolute atomic E-state index is 0.505. The Hall–Kier alpha value is -1.37. The Balaban J connectivity index is 2.56. The van der Waals surface area contributed by atoms with E-state index in [0.29, 0.717) is 11.8 Å². The molecule has 0 bridgehead atoms.